The van der Waals surface area contributed by atoms with Crippen LogP contribution < -0.4 is 14.8 Å². The molecule has 0 bridgehead atoms. The minimum Gasteiger partial charge on any atom is -0.493 e. The van der Waals surface area contributed by atoms with Gasteiger partial charge in [-0.2, -0.15) is 0 Å². The van der Waals surface area contributed by atoms with Gasteiger partial charge in [-0.15, -0.1) is 0 Å². The van der Waals surface area contributed by atoms with Crippen molar-refractivity contribution in [3.05, 3.63) is 53.7 Å². The van der Waals surface area contributed by atoms with E-state index in [2.05, 4.69) is 35.9 Å². The highest BCUT2D eigenvalue weighted by Gasteiger charge is 2.10. The fourth-order valence-corrected chi connectivity index (χ4v) is 3.29. The van der Waals surface area contributed by atoms with Crippen LogP contribution in [0, 0.1) is 6.92 Å². The van der Waals surface area contributed by atoms with Gasteiger partial charge in [0.1, 0.15) is 0 Å². The molecule has 3 rings (SSSR count). The number of nitrogens with zero attached hydrogens (tertiary/aromatic N) is 1. The van der Waals surface area contributed by atoms with Crippen LogP contribution in [0.15, 0.2) is 42.5 Å². The van der Waals surface area contributed by atoms with Crippen LogP contribution in [0.2, 0.25) is 0 Å². The Morgan fingerprint density at radius 3 is 2.50 bits per heavy atom. The zero-order valence-corrected chi connectivity index (χ0v) is 15.6. The van der Waals surface area contributed by atoms with Gasteiger partial charge in [0.25, 0.3) is 0 Å². The molecule has 5 nitrogen and oxygen atoms in total. The number of anilines is 1. The molecule has 1 heterocycles. The smallest absolute Gasteiger partial charge is 0.228 e. The van der Waals surface area contributed by atoms with E-state index in [-0.39, 0.29) is 12.3 Å². The lowest BCUT2D eigenvalue weighted by atomic mass is 10.1. The van der Waals surface area contributed by atoms with Crippen molar-refractivity contribution in [1.29, 1.82) is 0 Å². The maximum Gasteiger partial charge on any atom is 0.228 e. The summed E-state index contributed by atoms with van der Waals surface area (Å²) in [6, 6.07) is 13.7. The van der Waals surface area contributed by atoms with Crippen molar-refractivity contribution in [3.63, 3.8) is 0 Å². The summed E-state index contributed by atoms with van der Waals surface area (Å²) in [6.07, 6.45) is 0.271. The Kier molecular flexibility index (Phi) is 5.16. The Balaban J connectivity index is 1.75. The summed E-state index contributed by atoms with van der Waals surface area (Å²) in [5.74, 6) is 1.21. The summed E-state index contributed by atoms with van der Waals surface area (Å²) in [6.45, 7) is 5.16. The van der Waals surface area contributed by atoms with E-state index in [9.17, 15) is 4.79 Å². The van der Waals surface area contributed by atoms with Crippen LogP contribution in [0.5, 0.6) is 11.5 Å². The minimum atomic E-state index is -0.0665. The average Bonchev–Trinajstić information content (AvgIpc) is 2.95. The van der Waals surface area contributed by atoms with Crippen molar-refractivity contribution in [3.8, 4) is 11.5 Å². The normalized spacial score (nSPS) is 10.8. The fourth-order valence-electron chi connectivity index (χ4n) is 3.29. The van der Waals surface area contributed by atoms with Crippen molar-refractivity contribution in [2.45, 2.75) is 26.8 Å². The first-order chi connectivity index (χ1) is 12.5. The van der Waals surface area contributed by atoms with Crippen molar-refractivity contribution in [1.82, 2.24) is 4.57 Å². The largest absolute Gasteiger partial charge is 0.493 e. The Bertz CT molecular complexity index is 944. The van der Waals surface area contributed by atoms with Crippen molar-refractivity contribution < 1.29 is 14.3 Å². The monoisotopic (exact) mass is 352 g/mol. The summed E-state index contributed by atoms with van der Waals surface area (Å²) < 4.78 is 12.8. The molecule has 0 spiro atoms. The van der Waals surface area contributed by atoms with Gasteiger partial charge in [0.05, 0.1) is 20.6 Å². The highest BCUT2D eigenvalue weighted by Crippen LogP contribution is 2.28. The standard InChI is InChI=1S/C21H24N2O3/c1-5-23-14(2)10-16-13-17(7-8-18(16)23)22-21(24)12-15-6-9-19(25-3)20(11-15)26-4/h6-11,13H,5,12H2,1-4H3,(H,22,24). The second-order valence-corrected chi connectivity index (χ2v) is 6.22. The van der Waals surface area contributed by atoms with E-state index < -0.39 is 0 Å². The topological polar surface area (TPSA) is 52.5 Å². The number of ether oxygens (including phenoxy) is 2. The molecule has 1 aromatic heterocycles. The molecule has 0 aliphatic rings. The second kappa shape index (κ2) is 7.52. The highest BCUT2D eigenvalue weighted by molar-refractivity contribution is 5.95. The van der Waals surface area contributed by atoms with Gasteiger partial charge in [-0.05, 0) is 55.8 Å². The molecule has 3 aromatic rings. The maximum absolute atomic E-state index is 12.4. The number of hydrogen-bond donors (Lipinski definition) is 1. The Labute approximate surface area is 153 Å². The molecule has 136 valence electrons. The Morgan fingerprint density at radius 2 is 1.81 bits per heavy atom. The summed E-state index contributed by atoms with van der Waals surface area (Å²) in [7, 11) is 3.18. The van der Waals surface area contributed by atoms with Crippen LogP contribution in [0.1, 0.15) is 18.2 Å². The maximum atomic E-state index is 12.4. The van der Waals surface area contributed by atoms with E-state index in [0.29, 0.717) is 11.5 Å². The molecule has 0 aliphatic carbocycles. The van der Waals surface area contributed by atoms with E-state index in [4.69, 9.17) is 9.47 Å². The molecular weight excluding hydrogens is 328 g/mol. The van der Waals surface area contributed by atoms with Gasteiger partial charge in [0.15, 0.2) is 11.5 Å². The van der Waals surface area contributed by atoms with Crippen molar-refractivity contribution in [2.75, 3.05) is 19.5 Å². The molecule has 0 saturated carbocycles. The number of carbonyl (C=O) groups is 1. The van der Waals surface area contributed by atoms with Crippen LogP contribution in [-0.4, -0.2) is 24.7 Å². The second-order valence-electron chi connectivity index (χ2n) is 6.22. The van der Waals surface area contributed by atoms with Gasteiger partial charge in [-0.25, -0.2) is 0 Å². The molecule has 0 fully saturated rings. The van der Waals surface area contributed by atoms with Crippen LogP contribution in [0.4, 0.5) is 5.69 Å². The lowest BCUT2D eigenvalue weighted by Crippen LogP contribution is -2.14. The van der Waals surface area contributed by atoms with Gasteiger partial charge in [-0.1, -0.05) is 6.07 Å². The molecule has 1 N–H and O–H groups in total. The number of carbonyl (C=O) groups excluding carboxylic acids is 1. The first kappa shape index (κ1) is 17.9. The van der Waals surface area contributed by atoms with E-state index in [1.165, 1.54) is 11.2 Å². The third-order valence-corrected chi connectivity index (χ3v) is 4.52. The van der Waals surface area contributed by atoms with Gasteiger partial charge in [0.2, 0.25) is 5.91 Å². The number of rotatable bonds is 6. The number of benzene rings is 2. The molecule has 0 aliphatic heterocycles. The van der Waals surface area contributed by atoms with Gasteiger partial charge < -0.3 is 19.4 Å². The van der Waals surface area contributed by atoms with Crippen LogP contribution in [-0.2, 0) is 17.8 Å². The van der Waals surface area contributed by atoms with Gasteiger partial charge in [0, 0.05) is 28.8 Å². The summed E-state index contributed by atoms with van der Waals surface area (Å²) in [5, 5.41) is 4.11. The first-order valence-corrected chi connectivity index (χ1v) is 8.66. The third kappa shape index (κ3) is 3.52. The predicted molar refractivity (Wildman–Crippen MR) is 104 cm³/mol. The lowest BCUT2D eigenvalue weighted by molar-refractivity contribution is -0.115. The molecule has 26 heavy (non-hydrogen) atoms. The zero-order chi connectivity index (χ0) is 18.7. The minimum absolute atomic E-state index is 0.0665. The van der Waals surface area contributed by atoms with E-state index >= 15 is 0 Å². The Morgan fingerprint density at radius 1 is 1.04 bits per heavy atom. The van der Waals surface area contributed by atoms with Crippen molar-refractivity contribution in [2.24, 2.45) is 0 Å². The van der Waals surface area contributed by atoms with E-state index in [1.807, 2.05) is 30.3 Å². The molecule has 0 unspecified atom stereocenters. The average molecular weight is 352 g/mol. The Hall–Kier alpha value is -2.95. The number of fused-ring (bicyclic) bond motifs is 1. The summed E-state index contributed by atoms with van der Waals surface area (Å²) in [5.41, 5.74) is 4.07. The molecular formula is C21H24N2O3. The number of methoxy groups -OCH3 is 2. The van der Waals surface area contributed by atoms with Gasteiger partial charge >= 0.3 is 0 Å². The molecule has 5 heteroatoms. The molecule has 0 saturated heterocycles. The number of aromatic nitrogens is 1. The predicted octanol–water partition coefficient (Wildman–Crippen LogP) is 4.17. The quantitative estimate of drug-likeness (QED) is 0.724. The molecule has 1 amide bonds. The molecule has 2 aromatic carbocycles. The van der Waals surface area contributed by atoms with Crippen LogP contribution >= 0.6 is 0 Å². The number of hydrogen-bond acceptors (Lipinski definition) is 3. The molecule has 0 atom stereocenters. The van der Waals surface area contributed by atoms with Crippen LogP contribution in [0.25, 0.3) is 10.9 Å². The van der Waals surface area contributed by atoms with Crippen LogP contribution in [0.3, 0.4) is 0 Å². The SMILES string of the molecule is CCn1c(C)cc2cc(NC(=O)Cc3ccc(OC)c(OC)c3)ccc21. The number of nitrogens with one attached hydrogen (secondary N) is 1. The van der Waals surface area contributed by atoms with E-state index in [0.717, 1.165) is 23.2 Å². The third-order valence-electron chi connectivity index (χ3n) is 4.52. The fraction of sp³-hybridized carbons (Fsp3) is 0.286. The zero-order valence-electron chi connectivity index (χ0n) is 15.6. The summed E-state index contributed by atoms with van der Waals surface area (Å²) in [4.78, 5) is 12.4. The lowest BCUT2D eigenvalue weighted by Gasteiger charge is -2.10. The first-order valence-electron chi connectivity index (χ1n) is 8.66. The highest BCUT2D eigenvalue weighted by atomic mass is 16.5. The van der Waals surface area contributed by atoms with Gasteiger partial charge in [-0.3, -0.25) is 4.79 Å². The number of aryl methyl sites for hydroxylation is 2. The van der Waals surface area contributed by atoms with Crippen molar-refractivity contribution >= 4 is 22.5 Å². The summed E-state index contributed by atoms with van der Waals surface area (Å²) >= 11 is 0. The van der Waals surface area contributed by atoms with E-state index in [1.54, 1.807) is 14.2 Å². The number of amides is 1. The molecule has 0 radical (unpaired) electrons.